The van der Waals surface area contributed by atoms with Crippen LogP contribution in [0.25, 0.3) is 0 Å². The van der Waals surface area contributed by atoms with E-state index >= 15 is 0 Å². The van der Waals surface area contributed by atoms with E-state index in [1.807, 2.05) is 67.7 Å². The predicted octanol–water partition coefficient (Wildman–Crippen LogP) is 0.376. The number of nitrogens with zero attached hydrogens (tertiary/aromatic N) is 2. The van der Waals surface area contributed by atoms with Crippen LogP contribution in [0.4, 0.5) is 0 Å². The number of nitrogens with one attached hydrogen (secondary N) is 1. The lowest BCUT2D eigenvalue weighted by Gasteiger charge is -2.32. The number of rotatable bonds is 7. The largest absolute Gasteiger partial charge is 0.337 e. The highest BCUT2D eigenvalue weighted by molar-refractivity contribution is 7.88. The molecule has 2 aromatic rings. The maximum Gasteiger partial charge on any atom is 0.277 e. The van der Waals surface area contributed by atoms with Gasteiger partial charge in [-0.1, -0.05) is 60.7 Å². The molecular formula is C21H28N3O3S+. The third-order valence-electron chi connectivity index (χ3n) is 5.10. The molecule has 28 heavy (non-hydrogen) atoms. The minimum absolute atomic E-state index is 0.0297. The van der Waals surface area contributed by atoms with Crippen molar-refractivity contribution >= 4 is 15.9 Å². The summed E-state index contributed by atoms with van der Waals surface area (Å²) in [6.07, 6.45) is 0. The average molecular weight is 403 g/mol. The fourth-order valence-electron chi connectivity index (χ4n) is 3.43. The van der Waals surface area contributed by atoms with Gasteiger partial charge in [-0.3, -0.25) is 4.79 Å². The molecule has 0 aliphatic carbocycles. The number of hydrogen-bond donors (Lipinski definition) is 1. The molecule has 3 rings (SSSR count). The fraction of sp³-hybridized carbons (Fsp3) is 0.381. The zero-order chi connectivity index (χ0) is 20.0. The molecule has 0 bridgehead atoms. The van der Waals surface area contributed by atoms with Crippen molar-refractivity contribution in [1.29, 1.82) is 0 Å². The number of sulfonamides is 1. The standard InChI is InChI=1S/C21H27N3O3S/c1-22(16-19-8-4-2-5-9-19)21(25)17-23-12-14-24(15-13-23)28(26,27)18-20-10-6-3-7-11-20/h2-11H,12-18H2,1H3/p+1. The highest BCUT2D eigenvalue weighted by Crippen LogP contribution is 2.10. The van der Waals surface area contributed by atoms with Gasteiger partial charge in [-0.15, -0.1) is 0 Å². The Bertz CT molecular complexity index is 864. The fourth-order valence-corrected chi connectivity index (χ4v) is 4.96. The summed E-state index contributed by atoms with van der Waals surface area (Å²) >= 11 is 0. The van der Waals surface area contributed by atoms with E-state index in [0.29, 0.717) is 39.3 Å². The maximum atomic E-state index is 12.6. The number of carbonyl (C=O) groups excluding carboxylic acids is 1. The van der Waals surface area contributed by atoms with Crippen molar-refractivity contribution in [3.8, 4) is 0 Å². The lowest BCUT2D eigenvalue weighted by atomic mass is 10.2. The first kappa shape index (κ1) is 20.5. The molecule has 0 unspecified atom stereocenters. The first-order chi connectivity index (χ1) is 13.4. The summed E-state index contributed by atoms with van der Waals surface area (Å²) in [6.45, 7) is 3.21. The van der Waals surface area contributed by atoms with E-state index in [1.54, 1.807) is 9.21 Å². The molecule has 6 nitrogen and oxygen atoms in total. The van der Waals surface area contributed by atoms with Gasteiger partial charge in [0.1, 0.15) is 0 Å². The normalized spacial score (nSPS) is 16.0. The molecule has 150 valence electrons. The second-order valence-corrected chi connectivity index (χ2v) is 9.27. The Hall–Kier alpha value is -2.22. The second-order valence-electron chi connectivity index (χ2n) is 7.30. The van der Waals surface area contributed by atoms with Crippen LogP contribution < -0.4 is 4.90 Å². The van der Waals surface area contributed by atoms with E-state index in [4.69, 9.17) is 0 Å². The van der Waals surface area contributed by atoms with Crippen LogP contribution in [0, 0.1) is 0 Å². The quantitative estimate of drug-likeness (QED) is 0.728. The maximum absolute atomic E-state index is 12.6. The number of piperazine rings is 1. The van der Waals surface area contributed by atoms with Crippen molar-refractivity contribution in [1.82, 2.24) is 9.21 Å². The summed E-state index contributed by atoms with van der Waals surface area (Å²) in [6, 6.07) is 19.2. The molecule has 0 radical (unpaired) electrons. The summed E-state index contributed by atoms with van der Waals surface area (Å²) in [5.41, 5.74) is 1.90. The number of quaternary nitrogens is 1. The van der Waals surface area contributed by atoms with Crippen LogP contribution in [0.5, 0.6) is 0 Å². The van der Waals surface area contributed by atoms with E-state index in [9.17, 15) is 13.2 Å². The van der Waals surface area contributed by atoms with Crippen molar-refractivity contribution in [2.24, 2.45) is 0 Å². The molecule has 1 heterocycles. The molecule has 1 aliphatic rings. The van der Waals surface area contributed by atoms with Crippen LogP contribution in [0.1, 0.15) is 11.1 Å². The molecule has 0 atom stereocenters. The van der Waals surface area contributed by atoms with Crippen molar-refractivity contribution in [2.45, 2.75) is 12.3 Å². The number of benzene rings is 2. The van der Waals surface area contributed by atoms with Crippen LogP contribution in [0.3, 0.4) is 0 Å². The molecule has 1 fully saturated rings. The predicted molar refractivity (Wildman–Crippen MR) is 109 cm³/mol. The molecule has 1 aliphatic heterocycles. The lowest BCUT2D eigenvalue weighted by Crippen LogP contribution is -3.15. The summed E-state index contributed by atoms with van der Waals surface area (Å²) in [5.74, 6) is 0.113. The topological polar surface area (TPSA) is 62.1 Å². The summed E-state index contributed by atoms with van der Waals surface area (Å²) in [5, 5.41) is 0. The SMILES string of the molecule is CN(Cc1ccccc1)C(=O)C[NH+]1CCN(S(=O)(=O)Cc2ccccc2)CC1. The molecule has 1 amide bonds. The van der Waals surface area contributed by atoms with Crippen molar-refractivity contribution in [3.63, 3.8) is 0 Å². The number of likely N-dealkylation sites (N-methyl/N-ethyl adjacent to an activating group) is 1. The summed E-state index contributed by atoms with van der Waals surface area (Å²) in [4.78, 5) is 15.4. The van der Waals surface area contributed by atoms with E-state index in [0.717, 1.165) is 16.0 Å². The summed E-state index contributed by atoms with van der Waals surface area (Å²) < 4.78 is 26.8. The number of amides is 1. The Morgan fingerprint density at radius 2 is 1.50 bits per heavy atom. The molecule has 0 aromatic heterocycles. The van der Waals surface area contributed by atoms with Crippen molar-refractivity contribution in [2.75, 3.05) is 39.8 Å². The van der Waals surface area contributed by atoms with Gasteiger partial charge in [-0.2, -0.15) is 4.31 Å². The summed E-state index contributed by atoms with van der Waals surface area (Å²) in [7, 11) is -1.51. The smallest absolute Gasteiger partial charge is 0.277 e. The lowest BCUT2D eigenvalue weighted by molar-refractivity contribution is -0.896. The van der Waals surface area contributed by atoms with Gasteiger partial charge in [0.25, 0.3) is 5.91 Å². The number of carbonyl (C=O) groups is 1. The first-order valence-corrected chi connectivity index (χ1v) is 11.2. The van der Waals surface area contributed by atoms with E-state index in [1.165, 1.54) is 0 Å². The van der Waals surface area contributed by atoms with Crippen molar-refractivity contribution < 1.29 is 18.1 Å². The Kier molecular flexibility index (Phi) is 6.83. The van der Waals surface area contributed by atoms with E-state index in [2.05, 4.69) is 0 Å². The third kappa shape index (κ3) is 5.64. The zero-order valence-electron chi connectivity index (χ0n) is 16.3. The molecule has 0 saturated carbocycles. The van der Waals surface area contributed by atoms with Crippen LogP contribution in [-0.4, -0.2) is 63.3 Å². The molecule has 1 N–H and O–H groups in total. The Labute approximate surface area is 167 Å². The van der Waals surface area contributed by atoms with E-state index in [-0.39, 0.29) is 11.7 Å². The van der Waals surface area contributed by atoms with Crippen LogP contribution in [0.15, 0.2) is 60.7 Å². The van der Waals surface area contributed by atoms with Gasteiger partial charge in [-0.05, 0) is 11.1 Å². The molecule has 1 saturated heterocycles. The minimum Gasteiger partial charge on any atom is -0.337 e. The van der Waals surface area contributed by atoms with Gasteiger partial charge >= 0.3 is 0 Å². The third-order valence-corrected chi connectivity index (χ3v) is 6.95. The van der Waals surface area contributed by atoms with Gasteiger partial charge in [0.05, 0.1) is 31.9 Å². The molecule has 7 heteroatoms. The Balaban J connectivity index is 1.47. The first-order valence-electron chi connectivity index (χ1n) is 9.57. The zero-order valence-corrected chi connectivity index (χ0v) is 17.1. The molecule has 0 spiro atoms. The highest BCUT2D eigenvalue weighted by Gasteiger charge is 2.30. The molecule has 2 aromatic carbocycles. The van der Waals surface area contributed by atoms with Gasteiger partial charge in [0.15, 0.2) is 6.54 Å². The van der Waals surface area contributed by atoms with E-state index < -0.39 is 10.0 Å². The minimum atomic E-state index is -3.32. The number of hydrogen-bond acceptors (Lipinski definition) is 3. The monoisotopic (exact) mass is 402 g/mol. The molecular weight excluding hydrogens is 374 g/mol. The Morgan fingerprint density at radius 3 is 2.07 bits per heavy atom. The van der Waals surface area contributed by atoms with Crippen molar-refractivity contribution in [3.05, 3.63) is 71.8 Å². The van der Waals surface area contributed by atoms with Gasteiger partial charge in [-0.25, -0.2) is 8.42 Å². The van der Waals surface area contributed by atoms with Crippen LogP contribution in [0.2, 0.25) is 0 Å². The Morgan fingerprint density at radius 1 is 0.964 bits per heavy atom. The van der Waals surface area contributed by atoms with Crippen LogP contribution >= 0.6 is 0 Å². The second kappa shape index (κ2) is 9.32. The van der Waals surface area contributed by atoms with Gasteiger partial charge < -0.3 is 9.80 Å². The van der Waals surface area contributed by atoms with Gasteiger partial charge in [0.2, 0.25) is 10.0 Å². The highest BCUT2D eigenvalue weighted by atomic mass is 32.2. The van der Waals surface area contributed by atoms with Crippen LogP contribution in [-0.2, 0) is 27.1 Å². The van der Waals surface area contributed by atoms with Gasteiger partial charge in [0, 0.05) is 13.6 Å². The average Bonchev–Trinajstić information content (AvgIpc) is 2.69.